The van der Waals surface area contributed by atoms with Crippen LogP contribution in [0.5, 0.6) is 0 Å². The molecule has 0 radical (unpaired) electrons. The SMILES string of the molecule is C[C@H](C(=O)C1CCCCC1)[n+]1ccccc1. The average molecular weight is 218 g/mol. The molecule has 0 amide bonds. The Morgan fingerprint density at radius 3 is 2.38 bits per heavy atom. The summed E-state index contributed by atoms with van der Waals surface area (Å²) in [5.74, 6) is 0.715. The van der Waals surface area contributed by atoms with E-state index < -0.39 is 0 Å². The van der Waals surface area contributed by atoms with Gasteiger partial charge in [0.15, 0.2) is 12.4 Å². The average Bonchev–Trinajstić information content (AvgIpc) is 2.39. The molecule has 16 heavy (non-hydrogen) atoms. The van der Waals surface area contributed by atoms with Crippen molar-refractivity contribution >= 4 is 5.78 Å². The van der Waals surface area contributed by atoms with Crippen LogP contribution in [0.15, 0.2) is 30.6 Å². The van der Waals surface area contributed by atoms with Crippen molar-refractivity contribution in [2.45, 2.75) is 45.1 Å². The fourth-order valence-corrected chi connectivity index (χ4v) is 2.55. The van der Waals surface area contributed by atoms with Crippen LogP contribution in [0.2, 0.25) is 0 Å². The summed E-state index contributed by atoms with van der Waals surface area (Å²) in [5.41, 5.74) is 0. The summed E-state index contributed by atoms with van der Waals surface area (Å²) in [5, 5.41) is 0. The van der Waals surface area contributed by atoms with Gasteiger partial charge in [-0.1, -0.05) is 25.3 Å². The molecule has 0 spiro atoms. The molecule has 1 aliphatic rings. The summed E-state index contributed by atoms with van der Waals surface area (Å²) in [6.45, 7) is 2.01. The molecule has 1 aromatic heterocycles. The fraction of sp³-hybridized carbons (Fsp3) is 0.571. The highest BCUT2D eigenvalue weighted by atomic mass is 16.1. The van der Waals surface area contributed by atoms with E-state index in [9.17, 15) is 4.79 Å². The molecule has 0 aliphatic heterocycles. The molecule has 1 aromatic rings. The highest BCUT2D eigenvalue weighted by Gasteiger charge is 2.30. The standard InChI is InChI=1S/C14H20NO/c1-12(15-10-6-3-7-11-15)14(16)13-8-4-2-5-9-13/h3,6-7,10-13H,2,4-5,8-9H2,1H3/q+1/t12-/m1/s1. The summed E-state index contributed by atoms with van der Waals surface area (Å²) >= 11 is 0. The summed E-state index contributed by atoms with van der Waals surface area (Å²) in [6.07, 6.45) is 9.89. The number of pyridine rings is 1. The Labute approximate surface area is 97.3 Å². The van der Waals surface area contributed by atoms with E-state index in [2.05, 4.69) is 0 Å². The van der Waals surface area contributed by atoms with Crippen molar-refractivity contribution in [3.8, 4) is 0 Å². The Kier molecular flexibility index (Phi) is 3.70. The minimum Gasteiger partial charge on any atom is -0.292 e. The van der Waals surface area contributed by atoms with Gasteiger partial charge in [0.25, 0.3) is 0 Å². The predicted molar refractivity (Wildman–Crippen MR) is 62.9 cm³/mol. The topological polar surface area (TPSA) is 20.9 Å². The first-order chi connectivity index (χ1) is 7.79. The molecule has 0 bridgehead atoms. The van der Waals surface area contributed by atoms with Gasteiger partial charge in [0.2, 0.25) is 11.8 Å². The molecule has 2 heteroatoms. The molecule has 2 rings (SSSR count). The number of nitrogens with zero attached hydrogens (tertiary/aromatic N) is 1. The molecule has 1 aliphatic carbocycles. The van der Waals surface area contributed by atoms with Gasteiger partial charge in [0, 0.05) is 25.0 Å². The van der Waals surface area contributed by atoms with Gasteiger partial charge in [-0.2, -0.15) is 4.57 Å². The molecule has 1 saturated carbocycles. The number of carbonyl (C=O) groups is 1. The molecule has 1 fully saturated rings. The number of hydrogen-bond donors (Lipinski definition) is 0. The van der Waals surface area contributed by atoms with E-state index in [1.54, 1.807) is 0 Å². The van der Waals surface area contributed by atoms with Gasteiger partial charge in [-0.25, -0.2) is 0 Å². The second kappa shape index (κ2) is 5.24. The highest BCUT2D eigenvalue weighted by Crippen LogP contribution is 2.26. The first-order valence-corrected chi connectivity index (χ1v) is 6.28. The summed E-state index contributed by atoms with van der Waals surface area (Å²) in [6, 6.07) is 5.92. The smallest absolute Gasteiger partial charge is 0.213 e. The lowest BCUT2D eigenvalue weighted by atomic mass is 9.84. The van der Waals surface area contributed by atoms with E-state index >= 15 is 0 Å². The second-order valence-corrected chi connectivity index (χ2v) is 4.74. The number of Topliss-reactive ketones (excluding diaryl/α,β-unsaturated/α-hetero) is 1. The van der Waals surface area contributed by atoms with Crippen LogP contribution in [0.25, 0.3) is 0 Å². The summed E-state index contributed by atoms with van der Waals surface area (Å²) in [4.78, 5) is 12.3. The van der Waals surface area contributed by atoms with Crippen molar-refractivity contribution in [3.63, 3.8) is 0 Å². The Morgan fingerprint density at radius 1 is 1.12 bits per heavy atom. The zero-order valence-electron chi connectivity index (χ0n) is 9.93. The zero-order valence-corrected chi connectivity index (χ0v) is 9.93. The third-order valence-electron chi connectivity index (χ3n) is 3.61. The van der Waals surface area contributed by atoms with Gasteiger partial charge in [0.05, 0.1) is 0 Å². The maximum Gasteiger partial charge on any atom is 0.213 e. The lowest BCUT2D eigenvalue weighted by Crippen LogP contribution is -2.44. The molecule has 1 atom stereocenters. The lowest BCUT2D eigenvalue weighted by molar-refractivity contribution is -0.706. The van der Waals surface area contributed by atoms with Crippen LogP contribution in [-0.2, 0) is 4.79 Å². The van der Waals surface area contributed by atoms with Crippen LogP contribution in [-0.4, -0.2) is 5.78 Å². The molecule has 0 unspecified atom stereocenters. The second-order valence-electron chi connectivity index (χ2n) is 4.74. The van der Waals surface area contributed by atoms with E-state index in [0.717, 1.165) is 12.8 Å². The van der Waals surface area contributed by atoms with Crippen molar-refractivity contribution in [1.29, 1.82) is 0 Å². The number of hydrogen-bond acceptors (Lipinski definition) is 1. The monoisotopic (exact) mass is 218 g/mol. The van der Waals surface area contributed by atoms with Crippen LogP contribution in [0.1, 0.15) is 45.1 Å². The number of rotatable bonds is 3. The van der Waals surface area contributed by atoms with E-state index in [4.69, 9.17) is 0 Å². The first kappa shape index (κ1) is 11.3. The Hall–Kier alpha value is -1.18. The normalized spacial score (nSPS) is 19.3. The van der Waals surface area contributed by atoms with Crippen molar-refractivity contribution in [2.24, 2.45) is 5.92 Å². The molecule has 2 nitrogen and oxygen atoms in total. The van der Waals surface area contributed by atoms with Gasteiger partial charge in [-0.15, -0.1) is 0 Å². The molecule has 1 heterocycles. The molecule has 0 saturated heterocycles. The van der Waals surface area contributed by atoms with Gasteiger partial charge in [-0.05, 0) is 12.8 Å². The van der Waals surface area contributed by atoms with E-state index in [1.165, 1.54) is 19.3 Å². The first-order valence-electron chi connectivity index (χ1n) is 6.28. The van der Waals surface area contributed by atoms with Gasteiger partial charge >= 0.3 is 0 Å². The third kappa shape index (κ3) is 2.49. The number of aromatic nitrogens is 1. The molecule has 0 N–H and O–H groups in total. The Morgan fingerprint density at radius 2 is 1.75 bits per heavy atom. The lowest BCUT2D eigenvalue weighted by Gasteiger charge is -2.21. The van der Waals surface area contributed by atoms with Gasteiger partial charge in [-0.3, -0.25) is 4.79 Å². The Balaban J connectivity index is 2.04. The van der Waals surface area contributed by atoms with Crippen LogP contribution >= 0.6 is 0 Å². The third-order valence-corrected chi connectivity index (χ3v) is 3.61. The van der Waals surface area contributed by atoms with Gasteiger partial charge in [0.1, 0.15) is 0 Å². The number of carbonyl (C=O) groups excluding carboxylic acids is 1. The number of ketones is 1. The van der Waals surface area contributed by atoms with E-state index in [0.29, 0.717) is 11.7 Å². The maximum atomic E-state index is 12.3. The maximum absolute atomic E-state index is 12.3. The van der Waals surface area contributed by atoms with E-state index in [-0.39, 0.29) is 6.04 Å². The largest absolute Gasteiger partial charge is 0.292 e. The van der Waals surface area contributed by atoms with Crippen molar-refractivity contribution in [1.82, 2.24) is 0 Å². The molecule has 0 aromatic carbocycles. The molecular formula is C14H20NO+. The van der Waals surface area contributed by atoms with Crippen LogP contribution in [0.4, 0.5) is 0 Å². The molecule has 86 valence electrons. The van der Waals surface area contributed by atoms with E-state index in [1.807, 2.05) is 42.1 Å². The quantitative estimate of drug-likeness (QED) is 0.715. The highest BCUT2D eigenvalue weighted by molar-refractivity contribution is 5.83. The summed E-state index contributed by atoms with van der Waals surface area (Å²) in [7, 11) is 0. The fourth-order valence-electron chi connectivity index (χ4n) is 2.55. The summed E-state index contributed by atoms with van der Waals surface area (Å²) < 4.78 is 2.01. The predicted octanol–water partition coefficient (Wildman–Crippen LogP) is 2.68. The molecular weight excluding hydrogens is 198 g/mol. The van der Waals surface area contributed by atoms with Gasteiger partial charge < -0.3 is 0 Å². The Bertz CT molecular complexity index is 341. The minimum absolute atomic E-state index is 0.00991. The van der Waals surface area contributed by atoms with Crippen LogP contribution < -0.4 is 4.57 Å². The minimum atomic E-state index is -0.00991. The van der Waals surface area contributed by atoms with Crippen LogP contribution in [0, 0.1) is 5.92 Å². The van der Waals surface area contributed by atoms with Crippen LogP contribution in [0.3, 0.4) is 0 Å². The van der Waals surface area contributed by atoms with Crippen molar-refractivity contribution in [2.75, 3.05) is 0 Å². The zero-order chi connectivity index (χ0) is 11.4. The van der Waals surface area contributed by atoms with Crippen molar-refractivity contribution < 1.29 is 9.36 Å². The van der Waals surface area contributed by atoms with Crippen molar-refractivity contribution in [3.05, 3.63) is 30.6 Å².